The molecule has 182 valence electrons. The smallest absolute Gasteiger partial charge is 0.256 e. The van der Waals surface area contributed by atoms with E-state index in [2.05, 4.69) is 36.8 Å². The Labute approximate surface area is 211 Å². The second-order valence-electron chi connectivity index (χ2n) is 10.4. The zero-order valence-corrected chi connectivity index (χ0v) is 20.8. The van der Waals surface area contributed by atoms with Gasteiger partial charge in [-0.25, -0.2) is 0 Å². The molecule has 4 rings (SSSR count). The second kappa shape index (κ2) is 10.2. The van der Waals surface area contributed by atoms with Crippen LogP contribution in [0.3, 0.4) is 0 Å². The molecule has 0 radical (unpaired) electrons. The number of hydrogen-bond acceptors (Lipinski definition) is 6. The number of hydrogen-bond donors (Lipinski definition) is 0. The van der Waals surface area contributed by atoms with Crippen LogP contribution in [-0.4, -0.2) is 44.5 Å². The van der Waals surface area contributed by atoms with Crippen molar-refractivity contribution in [2.45, 2.75) is 45.6 Å². The number of pyridine rings is 2. The van der Waals surface area contributed by atoms with Crippen molar-refractivity contribution in [2.24, 2.45) is 10.4 Å². The van der Waals surface area contributed by atoms with Crippen LogP contribution in [0.2, 0.25) is 0 Å². The molecule has 36 heavy (non-hydrogen) atoms. The number of ketones is 1. The third kappa shape index (κ3) is 5.72. The normalized spacial score (nSPS) is 14.9. The molecule has 3 aromatic rings. The number of rotatable bonds is 8. The van der Waals surface area contributed by atoms with Gasteiger partial charge in [0.15, 0.2) is 5.78 Å². The van der Waals surface area contributed by atoms with Gasteiger partial charge in [-0.3, -0.25) is 29.4 Å². The lowest BCUT2D eigenvalue weighted by molar-refractivity contribution is -0.132. The molecule has 0 saturated heterocycles. The molecule has 0 aliphatic carbocycles. The number of nitrogens with zero attached hydrogens (tertiary/aromatic N) is 5. The third-order valence-corrected chi connectivity index (χ3v) is 6.08. The Balaban J connectivity index is 1.74. The van der Waals surface area contributed by atoms with Gasteiger partial charge in [0.1, 0.15) is 11.4 Å². The van der Waals surface area contributed by atoms with Crippen molar-refractivity contribution in [3.05, 3.63) is 95.6 Å². The summed E-state index contributed by atoms with van der Waals surface area (Å²) in [6, 6.07) is 16.2. The van der Waals surface area contributed by atoms with Crippen molar-refractivity contribution in [2.75, 3.05) is 6.54 Å². The molecule has 0 N–H and O–H groups in total. The van der Waals surface area contributed by atoms with Crippen LogP contribution in [0.5, 0.6) is 0 Å². The first-order valence-electron chi connectivity index (χ1n) is 11.9. The van der Waals surface area contributed by atoms with Crippen molar-refractivity contribution in [3.63, 3.8) is 0 Å². The van der Waals surface area contributed by atoms with Gasteiger partial charge >= 0.3 is 0 Å². The minimum Gasteiger partial charge on any atom is -0.298 e. The molecule has 7 nitrogen and oxygen atoms in total. The van der Waals surface area contributed by atoms with Gasteiger partial charge in [0.25, 0.3) is 5.91 Å². The molecule has 0 atom stereocenters. The standard InChI is InChI=1S/C29H29N5O2/c1-28(2,3)20-34-26(16-25(35)24-6-4-23(19-30)5-7-24)33-29(27(34)36,17-21-8-12-31-13-9-21)18-22-10-14-32-15-11-22/h4-15H,16-18,20H2,1-3H3. The Bertz CT molecular complexity index is 1260. The summed E-state index contributed by atoms with van der Waals surface area (Å²) in [6.45, 7) is 6.63. The lowest BCUT2D eigenvalue weighted by atomic mass is 9.84. The summed E-state index contributed by atoms with van der Waals surface area (Å²) in [7, 11) is 0. The van der Waals surface area contributed by atoms with Crippen LogP contribution in [0.25, 0.3) is 0 Å². The Morgan fingerprint density at radius 1 is 0.917 bits per heavy atom. The number of amides is 1. The van der Waals surface area contributed by atoms with E-state index in [1.165, 1.54) is 0 Å². The summed E-state index contributed by atoms with van der Waals surface area (Å²) < 4.78 is 0. The highest BCUT2D eigenvalue weighted by atomic mass is 16.2. The first-order chi connectivity index (χ1) is 17.2. The van der Waals surface area contributed by atoms with Gasteiger partial charge in [-0.1, -0.05) is 32.9 Å². The largest absolute Gasteiger partial charge is 0.298 e. The summed E-state index contributed by atoms with van der Waals surface area (Å²) in [4.78, 5) is 42.3. The molecule has 0 fully saturated rings. The number of carbonyl (C=O) groups is 2. The van der Waals surface area contributed by atoms with Gasteiger partial charge in [0.2, 0.25) is 0 Å². The number of carbonyl (C=O) groups excluding carboxylic acids is 2. The van der Waals surface area contributed by atoms with Crippen LogP contribution in [0.1, 0.15) is 54.2 Å². The lowest BCUT2D eigenvalue weighted by Gasteiger charge is -2.30. The molecule has 3 heterocycles. The van der Waals surface area contributed by atoms with E-state index in [0.29, 0.717) is 36.3 Å². The van der Waals surface area contributed by atoms with Crippen LogP contribution in [0, 0.1) is 16.7 Å². The van der Waals surface area contributed by atoms with Crippen molar-refractivity contribution in [3.8, 4) is 6.07 Å². The summed E-state index contributed by atoms with van der Waals surface area (Å²) in [5.74, 6) is 0.231. The molecule has 0 spiro atoms. The SMILES string of the molecule is CC(C)(C)CN1C(=O)C(Cc2ccncc2)(Cc2ccncc2)N=C1CC(=O)c1ccc(C#N)cc1. The quantitative estimate of drug-likeness (QED) is 0.445. The van der Waals surface area contributed by atoms with E-state index in [1.54, 1.807) is 54.0 Å². The molecule has 1 aliphatic heterocycles. The van der Waals surface area contributed by atoms with Crippen molar-refractivity contribution >= 4 is 17.5 Å². The average molecular weight is 480 g/mol. The summed E-state index contributed by atoms with van der Waals surface area (Å²) in [5.41, 5.74) is 1.60. The zero-order valence-electron chi connectivity index (χ0n) is 20.8. The van der Waals surface area contributed by atoms with Gasteiger partial charge in [-0.05, 0) is 52.9 Å². The van der Waals surface area contributed by atoms with E-state index in [4.69, 9.17) is 10.3 Å². The highest BCUT2D eigenvalue weighted by Crippen LogP contribution is 2.34. The van der Waals surface area contributed by atoms with Gasteiger partial charge in [0, 0.05) is 49.7 Å². The number of amidine groups is 1. The molecule has 0 bridgehead atoms. The fraction of sp³-hybridized carbons (Fsp3) is 0.310. The second-order valence-corrected chi connectivity index (χ2v) is 10.4. The fourth-order valence-electron chi connectivity index (χ4n) is 4.44. The van der Waals surface area contributed by atoms with Crippen LogP contribution in [0.4, 0.5) is 0 Å². The summed E-state index contributed by atoms with van der Waals surface area (Å²) >= 11 is 0. The summed E-state index contributed by atoms with van der Waals surface area (Å²) in [5, 5.41) is 9.06. The molecular weight excluding hydrogens is 450 g/mol. The maximum atomic E-state index is 14.2. The van der Waals surface area contributed by atoms with Gasteiger partial charge in [0.05, 0.1) is 18.1 Å². The molecule has 7 heteroatoms. The molecule has 0 unspecified atom stereocenters. The van der Waals surface area contributed by atoms with Crippen LogP contribution in [0.15, 0.2) is 78.3 Å². The molecule has 1 aliphatic rings. The van der Waals surface area contributed by atoms with Gasteiger partial charge < -0.3 is 0 Å². The maximum Gasteiger partial charge on any atom is 0.256 e. The van der Waals surface area contributed by atoms with Crippen LogP contribution < -0.4 is 0 Å². The Morgan fingerprint density at radius 3 is 1.92 bits per heavy atom. The number of Topliss-reactive ketones (excluding diaryl/α,β-unsaturated/α-hetero) is 1. The first-order valence-corrected chi connectivity index (χ1v) is 11.9. The number of nitriles is 1. The zero-order chi connectivity index (χ0) is 25.8. The van der Waals surface area contributed by atoms with Crippen LogP contribution >= 0.6 is 0 Å². The predicted molar refractivity (Wildman–Crippen MR) is 137 cm³/mol. The molecule has 2 aromatic heterocycles. The number of benzene rings is 1. The van der Waals surface area contributed by atoms with Crippen LogP contribution in [-0.2, 0) is 17.6 Å². The van der Waals surface area contributed by atoms with E-state index in [9.17, 15) is 9.59 Å². The minimum absolute atomic E-state index is 0.00214. The third-order valence-electron chi connectivity index (χ3n) is 6.08. The summed E-state index contributed by atoms with van der Waals surface area (Å²) in [6.07, 6.45) is 7.63. The predicted octanol–water partition coefficient (Wildman–Crippen LogP) is 4.43. The lowest BCUT2D eigenvalue weighted by Crippen LogP contribution is -2.48. The first kappa shape index (κ1) is 24.9. The van der Waals surface area contributed by atoms with Crippen molar-refractivity contribution in [1.29, 1.82) is 5.26 Å². The molecular formula is C29H29N5O2. The van der Waals surface area contributed by atoms with E-state index < -0.39 is 5.54 Å². The van der Waals surface area contributed by atoms with Crippen molar-refractivity contribution < 1.29 is 9.59 Å². The minimum atomic E-state index is -1.08. The number of aromatic nitrogens is 2. The Hall–Kier alpha value is -4.18. The number of aliphatic imine (C=N–C) groups is 1. The highest BCUT2D eigenvalue weighted by Gasteiger charge is 2.49. The van der Waals surface area contributed by atoms with E-state index in [1.807, 2.05) is 24.3 Å². The monoisotopic (exact) mass is 479 g/mol. The van der Waals surface area contributed by atoms with Gasteiger partial charge in [-0.2, -0.15) is 5.26 Å². The maximum absolute atomic E-state index is 14.2. The highest BCUT2D eigenvalue weighted by molar-refractivity contribution is 6.17. The van der Waals surface area contributed by atoms with Gasteiger partial charge in [-0.15, -0.1) is 0 Å². The molecule has 1 amide bonds. The fourth-order valence-corrected chi connectivity index (χ4v) is 4.44. The molecule has 1 aromatic carbocycles. The molecule has 0 saturated carbocycles. The Kier molecular flexibility index (Phi) is 7.07. The topological polar surface area (TPSA) is 99.3 Å². The average Bonchev–Trinajstić information content (AvgIpc) is 3.09. The van der Waals surface area contributed by atoms with E-state index >= 15 is 0 Å². The van der Waals surface area contributed by atoms with E-state index in [-0.39, 0.29) is 23.5 Å². The van der Waals surface area contributed by atoms with E-state index in [0.717, 1.165) is 11.1 Å². The Morgan fingerprint density at radius 2 is 1.44 bits per heavy atom. The van der Waals surface area contributed by atoms with Crippen molar-refractivity contribution in [1.82, 2.24) is 14.9 Å².